The number of para-hydroxylation sites is 3. The van der Waals surface area contributed by atoms with Gasteiger partial charge in [-0.1, -0.05) is 42.5 Å². The largest absolute Gasteiger partial charge is 0.487 e. The molecule has 2 aliphatic heterocycles. The maximum atomic E-state index is 9.01. The van der Waals surface area contributed by atoms with Gasteiger partial charge in [-0.05, 0) is 61.7 Å². The molecule has 3 aromatic rings. The number of anilines is 2. The SMILES string of the molecule is N#Cc1ccc(CCN2CCC[C@@H]2CN2c3ccccc3COc3ccccc32)cc1. The third-order valence-corrected chi connectivity index (χ3v) is 6.48. The molecule has 2 aliphatic rings. The standard InChI is InChI=1S/C27H27N3O/c28-18-22-13-11-21(12-14-22)15-17-29-16-5-7-24(29)19-30-25-8-2-1-6-23(25)20-31-27-10-4-3-9-26(27)30/h1-4,6,8-14,24H,5,7,15-17,19-20H2/t24-/m1/s1. The van der Waals surface area contributed by atoms with E-state index in [0.717, 1.165) is 43.1 Å². The molecule has 31 heavy (non-hydrogen) atoms. The van der Waals surface area contributed by atoms with Crippen LogP contribution in [0.4, 0.5) is 11.4 Å². The van der Waals surface area contributed by atoms with E-state index >= 15 is 0 Å². The summed E-state index contributed by atoms with van der Waals surface area (Å²) in [7, 11) is 0. The molecule has 0 radical (unpaired) electrons. The minimum atomic E-state index is 0.512. The van der Waals surface area contributed by atoms with Crippen LogP contribution < -0.4 is 9.64 Å². The fraction of sp³-hybridized carbons (Fsp3) is 0.296. The molecule has 3 aromatic carbocycles. The lowest BCUT2D eigenvalue weighted by Gasteiger charge is -2.32. The van der Waals surface area contributed by atoms with Crippen LogP contribution in [0.15, 0.2) is 72.8 Å². The Morgan fingerprint density at radius 1 is 0.935 bits per heavy atom. The smallest absolute Gasteiger partial charge is 0.143 e. The number of hydrogen-bond donors (Lipinski definition) is 0. The lowest BCUT2D eigenvalue weighted by molar-refractivity contribution is 0.261. The number of nitrogens with zero attached hydrogens (tertiary/aromatic N) is 3. The highest BCUT2D eigenvalue weighted by molar-refractivity contribution is 5.72. The summed E-state index contributed by atoms with van der Waals surface area (Å²) in [6.07, 6.45) is 3.47. The molecule has 0 aliphatic carbocycles. The summed E-state index contributed by atoms with van der Waals surface area (Å²) in [4.78, 5) is 5.09. The number of ether oxygens (including phenoxy) is 1. The van der Waals surface area contributed by atoms with Crippen molar-refractivity contribution in [3.8, 4) is 11.8 Å². The molecular weight excluding hydrogens is 382 g/mol. The molecular formula is C27H27N3O. The molecule has 1 saturated heterocycles. The third kappa shape index (κ3) is 4.15. The molecule has 1 fully saturated rings. The lowest BCUT2D eigenvalue weighted by Crippen LogP contribution is -2.39. The van der Waals surface area contributed by atoms with E-state index in [1.165, 1.54) is 29.7 Å². The Morgan fingerprint density at radius 3 is 2.55 bits per heavy atom. The Bertz CT molecular complexity index is 1040. The summed E-state index contributed by atoms with van der Waals surface area (Å²) in [5.41, 5.74) is 5.67. The van der Waals surface area contributed by atoms with Gasteiger partial charge in [0.1, 0.15) is 12.4 Å². The van der Waals surface area contributed by atoms with Gasteiger partial charge in [-0.3, -0.25) is 4.90 Å². The zero-order valence-electron chi connectivity index (χ0n) is 17.7. The molecule has 4 heteroatoms. The van der Waals surface area contributed by atoms with Crippen LogP contribution in [0.3, 0.4) is 0 Å². The van der Waals surface area contributed by atoms with E-state index in [4.69, 9.17) is 10.00 Å². The maximum Gasteiger partial charge on any atom is 0.143 e. The van der Waals surface area contributed by atoms with Crippen molar-refractivity contribution < 1.29 is 4.74 Å². The van der Waals surface area contributed by atoms with Gasteiger partial charge in [-0.15, -0.1) is 0 Å². The van der Waals surface area contributed by atoms with Crippen molar-refractivity contribution in [3.63, 3.8) is 0 Å². The van der Waals surface area contributed by atoms with Gasteiger partial charge in [-0.25, -0.2) is 0 Å². The molecule has 5 rings (SSSR count). The van der Waals surface area contributed by atoms with Gasteiger partial charge in [-0.2, -0.15) is 5.26 Å². The third-order valence-electron chi connectivity index (χ3n) is 6.48. The van der Waals surface area contributed by atoms with Gasteiger partial charge in [0.05, 0.1) is 17.3 Å². The fourth-order valence-electron chi connectivity index (χ4n) is 4.81. The summed E-state index contributed by atoms with van der Waals surface area (Å²) in [5, 5.41) is 9.01. The van der Waals surface area contributed by atoms with E-state index < -0.39 is 0 Å². The zero-order valence-corrected chi connectivity index (χ0v) is 17.7. The van der Waals surface area contributed by atoms with Crippen molar-refractivity contribution in [2.45, 2.75) is 31.9 Å². The molecule has 0 aromatic heterocycles. The van der Waals surface area contributed by atoms with Gasteiger partial charge in [0, 0.05) is 30.4 Å². The average molecular weight is 410 g/mol. The summed E-state index contributed by atoms with van der Waals surface area (Å²) in [6.45, 7) is 3.76. The second-order valence-electron chi connectivity index (χ2n) is 8.39. The normalized spacial score (nSPS) is 17.9. The second kappa shape index (κ2) is 8.83. The number of benzene rings is 3. The van der Waals surface area contributed by atoms with E-state index in [1.54, 1.807) is 0 Å². The van der Waals surface area contributed by atoms with Crippen LogP contribution in [-0.2, 0) is 13.0 Å². The highest BCUT2D eigenvalue weighted by Crippen LogP contribution is 2.40. The van der Waals surface area contributed by atoms with E-state index in [1.807, 2.05) is 18.2 Å². The maximum absolute atomic E-state index is 9.01. The highest BCUT2D eigenvalue weighted by atomic mass is 16.5. The number of likely N-dealkylation sites (tertiary alicyclic amines) is 1. The molecule has 2 heterocycles. The molecule has 0 bridgehead atoms. The first-order valence-electron chi connectivity index (χ1n) is 11.1. The predicted octanol–water partition coefficient (Wildman–Crippen LogP) is 5.30. The van der Waals surface area contributed by atoms with Crippen LogP contribution in [0.25, 0.3) is 0 Å². The number of nitriles is 1. The summed E-state index contributed by atoms with van der Waals surface area (Å²) in [5.74, 6) is 0.959. The molecule has 0 unspecified atom stereocenters. The number of hydrogen-bond acceptors (Lipinski definition) is 4. The summed E-state index contributed by atoms with van der Waals surface area (Å²) >= 11 is 0. The highest BCUT2D eigenvalue weighted by Gasteiger charge is 2.29. The first-order chi connectivity index (χ1) is 15.3. The van der Waals surface area contributed by atoms with Crippen LogP contribution in [0.1, 0.15) is 29.5 Å². The van der Waals surface area contributed by atoms with Crippen molar-refractivity contribution in [3.05, 3.63) is 89.5 Å². The molecule has 1 atom stereocenters. The Hall–Kier alpha value is -3.29. The molecule has 0 amide bonds. The number of fused-ring (bicyclic) bond motifs is 2. The molecule has 4 nitrogen and oxygen atoms in total. The van der Waals surface area contributed by atoms with Crippen molar-refractivity contribution in [2.24, 2.45) is 0 Å². The van der Waals surface area contributed by atoms with Crippen molar-refractivity contribution in [1.82, 2.24) is 4.90 Å². The Labute approximate surface area is 184 Å². The van der Waals surface area contributed by atoms with Gasteiger partial charge in [0.15, 0.2) is 0 Å². The monoisotopic (exact) mass is 409 g/mol. The van der Waals surface area contributed by atoms with E-state index in [9.17, 15) is 0 Å². The minimum absolute atomic E-state index is 0.512. The topological polar surface area (TPSA) is 39.5 Å². The minimum Gasteiger partial charge on any atom is -0.487 e. The molecule has 156 valence electrons. The molecule has 0 N–H and O–H groups in total. The van der Waals surface area contributed by atoms with Gasteiger partial charge in [0.2, 0.25) is 0 Å². The molecule has 0 spiro atoms. The summed E-state index contributed by atoms with van der Waals surface area (Å²) in [6, 6.07) is 27.7. The molecule has 0 saturated carbocycles. The Kier molecular flexibility index (Phi) is 5.60. The van der Waals surface area contributed by atoms with Gasteiger partial charge < -0.3 is 9.64 Å². The van der Waals surface area contributed by atoms with Crippen molar-refractivity contribution in [2.75, 3.05) is 24.5 Å². The van der Waals surface area contributed by atoms with Crippen LogP contribution in [0.5, 0.6) is 5.75 Å². The Balaban J connectivity index is 1.35. The fourth-order valence-corrected chi connectivity index (χ4v) is 4.81. The first kappa shape index (κ1) is 19.7. The zero-order chi connectivity index (χ0) is 21.0. The van der Waals surface area contributed by atoms with Crippen LogP contribution in [-0.4, -0.2) is 30.6 Å². The lowest BCUT2D eigenvalue weighted by atomic mass is 10.1. The van der Waals surface area contributed by atoms with Gasteiger partial charge >= 0.3 is 0 Å². The van der Waals surface area contributed by atoms with Crippen LogP contribution >= 0.6 is 0 Å². The summed E-state index contributed by atoms with van der Waals surface area (Å²) < 4.78 is 6.14. The first-order valence-corrected chi connectivity index (χ1v) is 11.1. The quantitative estimate of drug-likeness (QED) is 0.574. The predicted molar refractivity (Wildman–Crippen MR) is 124 cm³/mol. The van der Waals surface area contributed by atoms with E-state index in [2.05, 4.69) is 70.5 Å². The second-order valence-corrected chi connectivity index (χ2v) is 8.39. The average Bonchev–Trinajstić information content (AvgIpc) is 3.21. The van der Waals surface area contributed by atoms with Gasteiger partial charge in [0.25, 0.3) is 0 Å². The van der Waals surface area contributed by atoms with Crippen LogP contribution in [0.2, 0.25) is 0 Å². The van der Waals surface area contributed by atoms with Crippen LogP contribution in [0, 0.1) is 11.3 Å². The Morgan fingerprint density at radius 2 is 1.71 bits per heavy atom. The number of rotatable bonds is 5. The van der Waals surface area contributed by atoms with Crippen molar-refractivity contribution in [1.29, 1.82) is 5.26 Å². The van der Waals surface area contributed by atoms with Crippen molar-refractivity contribution >= 4 is 11.4 Å². The van der Waals surface area contributed by atoms with E-state index in [0.29, 0.717) is 12.6 Å². The van der Waals surface area contributed by atoms with E-state index in [-0.39, 0.29) is 0 Å².